The van der Waals surface area contributed by atoms with Gasteiger partial charge >= 0.3 is 0 Å². The number of benzene rings is 1. The lowest BCUT2D eigenvalue weighted by Gasteiger charge is -2.08. The van der Waals surface area contributed by atoms with E-state index in [0.717, 1.165) is 0 Å². The Morgan fingerprint density at radius 1 is 1.33 bits per heavy atom. The van der Waals surface area contributed by atoms with Crippen molar-refractivity contribution in [2.24, 2.45) is 0 Å². The molecule has 0 radical (unpaired) electrons. The average molecular weight is 232 g/mol. The molecule has 4 nitrogen and oxygen atoms in total. The first-order valence-corrected chi connectivity index (χ1v) is 4.36. The molecule has 0 bridgehead atoms. The number of carbonyl (C=O) groups is 1. The van der Waals surface area contributed by atoms with Gasteiger partial charge in [0.25, 0.3) is 5.91 Å². The van der Waals surface area contributed by atoms with Crippen LogP contribution in [0.2, 0.25) is 0 Å². The summed E-state index contributed by atoms with van der Waals surface area (Å²) in [6, 6.07) is 8.70. The van der Waals surface area contributed by atoms with E-state index >= 15 is 0 Å². The summed E-state index contributed by atoms with van der Waals surface area (Å²) in [5.41, 5.74) is 0.539. The first kappa shape index (κ1) is 13.9. The lowest BCUT2D eigenvalue weighted by atomic mass is 10.2. The fraction of sp³-hybridized carbons (Fsp3) is 0.300. The van der Waals surface area contributed by atoms with Crippen molar-refractivity contribution in [2.75, 3.05) is 13.2 Å². The SMILES string of the molecule is Cl.O=C(NCC(O)CO)c1ccccc1. The van der Waals surface area contributed by atoms with E-state index < -0.39 is 6.10 Å². The highest BCUT2D eigenvalue weighted by atomic mass is 35.5. The minimum absolute atomic E-state index is 0. The zero-order chi connectivity index (χ0) is 10.4. The van der Waals surface area contributed by atoms with Crippen LogP contribution in [0.3, 0.4) is 0 Å². The molecule has 0 spiro atoms. The van der Waals surface area contributed by atoms with Crippen molar-refractivity contribution in [3.63, 3.8) is 0 Å². The number of halogens is 1. The van der Waals surface area contributed by atoms with E-state index in [9.17, 15) is 4.79 Å². The molecule has 84 valence electrons. The molecule has 0 saturated carbocycles. The van der Waals surface area contributed by atoms with E-state index in [1.165, 1.54) is 0 Å². The largest absolute Gasteiger partial charge is 0.394 e. The van der Waals surface area contributed by atoms with Gasteiger partial charge in [-0.2, -0.15) is 0 Å². The summed E-state index contributed by atoms with van der Waals surface area (Å²) in [6.45, 7) is -0.292. The maximum absolute atomic E-state index is 11.4. The molecule has 0 heterocycles. The van der Waals surface area contributed by atoms with Gasteiger partial charge in [0.2, 0.25) is 0 Å². The average Bonchev–Trinajstić information content (AvgIpc) is 2.26. The van der Waals surface area contributed by atoms with Crippen molar-refractivity contribution in [1.82, 2.24) is 5.32 Å². The Morgan fingerprint density at radius 3 is 2.47 bits per heavy atom. The number of aliphatic hydroxyl groups is 2. The summed E-state index contributed by atoms with van der Waals surface area (Å²) < 4.78 is 0. The van der Waals surface area contributed by atoms with Crippen molar-refractivity contribution >= 4 is 18.3 Å². The van der Waals surface area contributed by atoms with Gasteiger partial charge in [-0.05, 0) is 12.1 Å². The Hall–Kier alpha value is -1.10. The smallest absolute Gasteiger partial charge is 0.251 e. The summed E-state index contributed by atoms with van der Waals surface area (Å²) in [5, 5.41) is 20.0. The van der Waals surface area contributed by atoms with Crippen LogP contribution < -0.4 is 5.32 Å². The van der Waals surface area contributed by atoms with E-state index in [2.05, 4.69) is 5.32 Å². The van der Waals surface area contributed by atoms with E-state index in [1.54, 1.807) is 24.3 Å². The summed E-state index contributed by atoms with van der Waals surface area (Å²) in [6.07, 6.45) is -0.900. The van der Waals surface area contributed by atoms with Crippen LogP contribution in [0.25, 0.3) is 0 Å². The molecule has 0 aliphatic rings. The minimum Gasteiger partial charge on any atom is -0.394 e. The zero-order valence-corrected chi connectivity index (χ0v) is 8.91. The van der Waals surface area contributed by atoms with E-state index in [4.69, 9.17) is 10.2 Å². The Kier molecular flexibility index (Phi) is 6.70. The van der Waals surface area contributed by atoms with Gasteiger partial charge in [0, 0.05) is 12.1 Å². The number of rotatable bonds is 4. The Labute approximate surface area is 94.3 Å². The predicted octanol–water partition coefficient (Wildman–Crippen LogP) is 0.191. The Balaban J connectivity index is 0.00000196. The molecule has 1 rings (SSSR count). The van der Waals surface area contributed by atoms with Crippen LogP contribution >= 0.6 is 12.4 Å². The standard InChI is InChI=1S/C10H13NO3.ClH/c12-7-9(13)6-11-10(14)8-4-2-1-3-5-8;/h1-5,9,12-13H,6-7H2,(H,11,14);1H. The van der Waals surface area contributed by atoms with Crippen molar-refractivity contribution in [3.05, 3.63) is 35.9 Å². The molecular formula is C10H14ClNO3. The quantitative estimate of drug-likeness (QED) is 0.693. The van der Waals surface area contributed by atoms with Crippen molar-refractivity contribution in [3.8, 4) is 0 Å². The molecule has 0 aliphatic carbocycles. The number of hydrogen-bond donors (Lipinski definition) is 3. The van der Waals surface area contributed by atoms with E-state index in [0.29, 0.717) is 5.56 Å². The molecule has 1 aromatic rings. The first-order valence-electron chi connectivity index (χ1n) is 4.36. The second kappa shape index (κ2) is 7.23. The topological polar surface area (TPSA) is 69.6 Å². The maximum atomic E-state index is 11.4. The van der Waals surface area contributed by atoms with E-state index in [1.807, 2.05) is 6.07 Å². The second-order valence-electron chi connectivity index (χ2n) is 2.91. The number of nitrogens with one attached hydrogen (secondary N) is 1. The monoisotopic (exact) mass is 231 g/mol. The van der Waals surface area contributed by atoms with Crippen molar-refractivity contribution < 1.29 is 15.0 Å². The Bertz CT molecular complexity index is 292. The third-order valence-electron chi connectivity index (χ3n) is 1.74. The number of aliphatic hydroxyl groups excluding tert-OH is 2. The lowest BCUT2D eigenvalue weighted by molar-refractivity contribution is 0.0802. The highest BCUT2D eigenvalue weighted by Gasteiger charge is 2.06. The van der Waals surface area contributed by atoms with Crippen LogP contribution in [-0.2, 0) is 0 Å². The predicted molar refractivity (Wildman–Crippen MR) is 59.1 cm³/mol. The Morgan fingerprint density at radius 2 is 1.93 bits per heavy atom. The molecule has 1 atom stereocenters. The highest BCUT2D eigenvalue weighted by molar-refractivity contribution is 5.94. The van der Waals surface area contributed by atoms with Gasteiger partial charge in [0.15, 0.2) is 0 Å². The molecule has 5 heteroatoms. The molecule has 0 aromatic heterocycles. The van der Waals surface area contributed by atoms with Gasteiger partial charge in [-0.15, -0.1) is 12.4 Å². The number of carbonyl (C=O) groups excluding carboxylic acids is 1. The van der Waals surface area contributed by atoms with Gasteiger partial charge < -0.3 is 15.5 Å². The van der Waals surface area contributed by atoms with Gasteiger partial charge in [-0.1, -0.05) is 18.2 Å². The maximum Gasteiger partial charge on any atom is 0.251 e. The number of hydrogen-bond acceptors (Lipinski definition) is 3. The molecular weight excluding hydrogens is 218 g/mol. The van der Waals surface area contributed by atoms with Gasteiger partial charge in [0.1, 0.15) is 0 Å². The van der Waals surface area contributed by atoms with Crippen LogP contribution in [-0.4, -0.2) is 35.4 Å². The lowest BCUT2D eigenvalue weighted by Crippen LogP contribution is -2.33. The molecule has 1 amide bonds. The molecule has 3 N–H and O–H groups in total. The summed E-state index contributed by atoms with van der Waals surface area (Å²) >= 11 is 0. The minimum atomic E-state index is -0.900. The van der Waals surface area contributed by atoms with Crippen molar-refractivity contribution in [1.29, 1.82) is 0 Å². The van der Waals surface area contributed by atoms with Crippen LogP contribution in [0.1, 0.15) is 10.4 Å². The van der Waals surface area contributed by atoms with Crippen LogP contribution in [0, 0.1) is 0 Å². The van der Waals surface area contributed by atoms with Gasteiger partial charge in [0.05, 0.1) is 12.7 Å². The normalized spacial score (nSPS) is 11.3. The van der Waals surface area contributed by atoms with Crippen LogP contribution in [0.15, 0.2) is 30.3 Å². The highest BCUT2D eigenvalue weighted by Crippen LogP contribution is 1.97. The summed E-state index contributed by atoms with van der Waals surface area (Å²) in [5.74, 6) is -0.252. The molecule has 0 aliphatic heterocycles. The molecule has 1 aromatic carbocycles. The molecule has 1 unspecified atom stereocenters. The fourth-order valence-corrected chi connectivity index (χ4v) is 0.967. The van der Waals surface area contributed by atoms with Gasteiger partial charge in [-0.3, -0.25) is 4.79 Å². The fourth-order valence-electron chi connectivity index (χ4n) is 0.967. The molecule has 0 saturated heterocycles. The molecule has 0 fully saturated rings. The van der Waals surface area contributed by atoms with Crippen molar-refractivity contribution in [2.45, 2.75) is 6.10 Å². The first-order chi connectivity index (χ1) is 6.74. The summed E-state index contributed by atoms with van der Waals surface area (Å²) in [4.78, 5) is 11.4. The zero-order valence-electron chi connectivity index (χ0n) is 8.09. The third kappa shape index (κ3) is 4.78. The molecule has 15 heavy (non-hydrogen) atoms. The summed E-state index contributed by atoms with van der Waals surface area (Å²) in [7, 11) is 0. The number of amides is 1. The van der Waals surface area contributed by atoms with Crippen LogP contribution in [0.5, 0.6) is 0 Å². The van der Waals surface area contributed by atoms with E-state index in [-0.39, 0.29) is 31.5 Å². The third-order valence-corrected chi connectivity index (χ3v) is 1.74. The van der Waals surface area contributed by atoms with Crippen LogP contribution in [0.4, 0.5) is 0 Å². The van der Waals surface area contributed by atoms with Gasteiger partial charge in [-0.25, -0.2) is 0 Å². The second-order valence-corrected chi connectivity index (χ2v) is 2.91.